The molecule has 1 atom stereocenters. The molecule has 2 aromatic heterocycles. The lowest BCUT2D eigenvalue weighted by molar-refractivity contribution is -0.142. The van der Waals surface area contributed by atoms with Crippen LogP contribution >= 0.6 is 34.7 Å². The summed E-state index contributed by atoms with van der Waals surface area (Å²) in [4.78, 5) is 43.6. The first-order valence-corrected chi connectivity index (χ1v) is 12.5. The SMILES string of the molecule is COc1ccc(-c2c(Cl)c(CN3C(=O)CSC3=O)nc3sc4c(c23)CCC(C(=O)O)C4)cc1. The van der Waals surface area contributed by atoms with Gasteiger partial charge in [-0.15, -0.1) is 11.3 Å². The van der Waals surface area contributed by atoms with Crippen LogP contribution in [0.1, 0.15) is 22.6 Å². The van der Waals surface area contributed by atoms with Gasteiger partial charge in [-0.25, -0.2) is 4.98 Å². The van der Waals surface area contributed by atoms with Crippen LogP contribution < -0.4 is 4.74 Å². The number of aryl methyl sites for hydroxylation is 1. The number of fused-ring (bicyclic) bond motifs is 3. The third kappa shape index (κ3) is 3.88. The molecule has 2 aliphatic rings. The average Bonchev–Trinajstić information content (AvgIpc) is 3.33. The number of ether oxygens (including phenoxy) is 1. The van der Waals surface area contributed by atoms with Gasteiger partial charge in [0.2, 0.25) is 5.91 Å². The minimum absolute atomic E-state index is 0.00289. The monoisotopic (exact) mass is 502 g/mol. The lowest BCUT2D eigenvalue weighted by Gasteiger charge is -2.20. The summed E-state index contributed by atoms with van der Waals surface area (Å²) in [6.45, 7) is 0.00289. The molecular formula is C23H19ClN2O5S2. The standard InChI is InChI=1S/C23H19ClN2O5S2/c1-31-13-5-2-11(3-6-13)18-19-14-7-4-12(22(28)29)8-16(14)33-21(19)25-15(20(18)24)9-26-17(27)10-32-23(26)30/h2-3,5-6,12H,4,7-10H2,1H3,(H,28,29). The van der Waals surface area contributed by atoms with E-state index >= 15 is 0 Å². The number of imide groups is 1. The molecular weight excluding hydrogens is 484 g/mol. The zero-order valence-electron chi connectivity index (χ0n) is 17.6. The first-order chi connectivity index (χ1) is 15.9. The van der Waals surface area contributed by atoms with Crippen LogP contribution in [0.5, 0.6) is 5.75 Å². The molecule has 1 saturated heterocycles. The van der Waals surface area contributed by atoms with Crippen LogP contribution in [-0.2, 0) is 29.0 Å². The number of carbonyl (C=O) groups is 3. The molecule has 1 aliphatic carbocycles. The van der Waals surface area contributed by atoms with E-state index in [1.54, 1.807) is 7.11 Å². The van der Waals surface area contributed by atoms with Crippen molar-refractivity contribution in [2.75, 3.05) is 12.9 Å². The van der Waals surface area contributed by atoms with Gasteiger partial charge < -0.3 is 9.84 Å². The van der Waals surface area contributed by atoms with Gasteiger partial charge in [0.25, 0.3) is 5.24 Å². The number of thiophene rings is 1. The first-order valence-electron chi connectivity index (χ1n) is 10.3. The third-order valence-corrected chi connectivity index (χ3v) is 8.50. The van der Waals surface area contributed by atoms with Crippen LogP contribution in [0.3, 0.4) is 0 Å². The molecule has 5 rings (SSSR count). The second-order valence-corrected chi connectivity index (χ2v) is 10.4. The Morgan fingerprint density at radius 3 is 2.70 bits per heavy atom. The van der Waals surface area contributed by atoms with E-state index in [9.17, 15) is 19.5 Å². The maximum Gasteiger partial charge on any atom is 0.306 e. The molecule has 3 heterocycles. The van der Waals surface area contributed by atoms with E-state index in [0.29, 0.717) is 35.7 Å². The van der Waals surface area contributed by atoms with Crippen LogP contribution in [0.2, 0.25) is 5.02 Å². The Kier molecular flexibility index (Phi) is 5.80. The Hall–Kier alpha value is -2.62. The van der Waals surface area contributed by atoms with E-state index in [1.807, 2.05) is 24.3 Å². The van der Waals surface area contributed by atoms with Gasteiger partial charge in [-0.05, 0) is 42.5 Å². The van der Waals surface area contributed by atoms with Gasteiger partial charge >= 0.3 is 5.97 Å². The van der Waals surface area contributed by atoms with E-state index in [2.05, 4.69) is 0 Å². The second-order valence-electron chi connectivity index (χ2n) is 7.97. The van der Waals surface area contributed by atoms with Crippen LogP contribution in [0.25, 0.3) is 21.3 Å². The van der Waals surface area contributed by atoms with Gasteiger partial charge in [-0.3, -0.25) is 19.3 Å². The minimum atomic E-state index is -0.788. The highest BCUT2D eigenvalue weighted by molar-refractivity contribution is 8.14. The predicted octanol–water partition coefficient (Wildman–Crippen LogP) is 5.01. The molecule has 1 aliphatic heterocycles. The van der Waals surface area contributed by atoms with Crippen molar-refractivity contribution >= 4 is 62.0 Å². The van der Waals surface area contributed by atoms with Gasteiger partial charge in [0.05, 0.1) is 36.0 Å². The Labute approximate surface area is 202 Å². The molecule has 0 bridgehead atoms. The number of hydrogen-bond donors (Lipinski definition) is 1. The molecule has 3 aromatic rings. The van der Waals surface area contributed by atoms with E-state index in [0.717, 1.165) is 43.5 Å². The fourth-order valence-corrected chi connectivity index (χ4v) is 6.72. The van der Waals surface area contributed by atoms with Crippen LogP contribution in [0.15, 0.2) is 24.3 Å². The normalized spacial score (nSPS) is 18.1. The van der Waals surface area contributed by atoms with Crippen molar-refractivity contribution in [2.24, 2.45) is 5.92 Å². The van der Waals surface area contributed by atoms with Gasteiger partial charge in [-0.2, -0.15) is 0 Å². The molecule has 7 nitrogen and oxygen atoms in total. The smallest absolute Gasteiger partial charge is 0.306 e. The summed E-state index contributed by atoms with van der Waals surface area (Å²) in [6.07, 6.45) is 1.65. The number of nitrogens with zero attached hydrogens (tertiary/aromatic N) is 2. The highest BCUT2D eigenvalue weighted by Crippen LogP contribution is 2.46. The number of thioether (sulfide) groups is 1. The maximum absolute atomic E-state index is 12.2. The number of aromatic nitrogens is 1. The van der Waals surface area contributed by atoms with Crippen molar-refractivity contribution < 1.29 is 24.2 Å². The van der Waals surface area contributed by atoms with E-state index < -0.39 is 11.9 Å². The van der Waals surface area contributed by atoms with Crippen LogP contribution in [0, 0.1) is 5.92 Å². The van der Waals surface area contributed by atoms with E-state index in [1.165, 1.54) is 16.2 Å². The van der Waals surface area contributed by atoms with Crippen molar-refractivity contribution in [1.82, 2.24) is 9.88 Å². The fraction of sp³-hybridized carbons (Fsp3) is 0.304. The summed E-state index contributed by atoms with van der Waals surface area (Å²) in [7, 11) is 1.60. The molecule has 1 fully saturated rings. The van der Waals surface area contributed by atoms with Crippen molar-refractivity contribution in [3.05, 3.63) is 45.4 Å². The second kappa shape index (κ2) is 8.62. The molecule has 2 amide bonds. The zero-order chi connectivity index (χ0) is 23.3. The van der Waals surface area contributed by atoms with Crippen molar-refractivity contribution in [2.45, 2.75) is 25.8 Å². The van der Waals surface area contributed by atoms with Gasteiger partial charge in [0.1, 0.15) is 10.6 Å². The number of halogens is 1. The number of rotatable bonds is 5. The number of hydrogen-bond acceptors (Lipinski definition) is 7. The minimum Gasteiger partial charge on any atom is -0.497 e. The Balaban J connectivity index is 1.69. The largest absolute Gasteiger partial charge is 0.497 e. The summed E-state index contributed by atoms with van der Waals surface area (Å²) in [5, 5.41) is 10.5. The van der Waals surface area contributed by atoms with Gasteiger partial charge in [0, 0.05) is 15.8 Å². The van der Waals surface area contributed by atoms with Crippen molar-refractivity contribution in [3.8, 4) is 16.9 Å². The lowest BCUT2D eigenvalue weighted by Crippen LogP contribution is -2.28. The number of methoxy groups -OCH3 is 1. The number of carbonyl (C=O) groups excluding carboxylic acids is 2. The molecule has 0 saturated carbocycles. The quantitative estimate of drug-likeness (QED) is 0.523. The Bertz CT molecular complexity index is 1290. The summed E-state index contributed by atoms with van der Waals surface area (Å²) in [5.74, 6) is -0.634. The third-order valence-electron chi connectivity index (χ3n) is 6.08. The number of carboxylic acids is 1. The summed E-state index contributed by atoms with van der Waals surface area (Å²) >= 11 is 9.35. The summed E-state index contributed by atoms with van der Waals surface area (Å²) in [6, 6.07) is 7.53. The number of amides is 2. The van der Waals surface area contributed by atoms with Gasteiger partial charge in [-0.1, -0.05) is 35.5 Å². The molecule has 170 valence electrons. The Morgan fingerprint density at radius 2 is 2.06 bits per heavy atom. The highest BCUT2D eigenvalue weighted by Gasteiger charge is 2.33. The van der Waals surface area contributed by atoms with E-state index in [-0.39, 0.29) is 23.4 Å². The predicted molar refractivity (Wildman–Crippen MR) is 128 cm³/mol. The van der Waals surface area contributed by atoms with Crippen LogP contribution in [-0.4, -0.2) is 45.0 Å². The van der Waals surface area contributed by atoms with Crippen LogP contribution in [0.4, 0.5) is 4.79 Å². The molecule has 1 aromatic carbocycles. The molecule has 10 heteroatoms. The van der Waals surface area contributed by atoms with Gasteiger partial charge in [0.15, 0.2) is 0 Å². The highest BCUT2D eigenvalue weighted by atomic mass is 35.5. The number of aliphatic carboxylic acids is 1. The molecule has 1 unspecified atom stereocenters. The first kappa shape index (κ1) is 22.2. The summed E-state index contributed by atoms with van der Waals surface area (Å²) < 4.78 is 5.29. The van der Waals surface area contributed by atoms with Crippen molar-refractivity contribution in [3.63, 3.8) is 0 Å². The fourth-order valence-electron chi connectivity index (χ4n) is 4.36. The topological polar surface area (TPSA) is 96.8 Å². The molecule has 0 spiro atoms. The average molecular weight is 503 g/mol. The number of pyridine rings is 1. The Morgan fingerprint density at radius 1 is 1.30 bits per heavy atom. The number of carboxylic acid groups (broad SMARTS) is 1. The zero-order valence-corrected chi connectivity index (χ0v) is 20.0. The molecule has 1 N–H and O–H groups in total. The lowest BCUT2D eigenvalue weighted by atomic mass is 9.86. The number of benzene rings is 1. The van der Waals surface area contributed by atoms with E-state index in [4.69, 9.17) is 21.3 Å². The van der Waals surface area contributed by atoms with Crippen molar-refractivity contribution in [1.29, 1.82) is 0 Å². The molecule has 0 radical (unpaired) electrons. The summed E-state index contributed by atoms with van der Waals surface area (Å²) in [5.41, 5.74) is 3.19. The maximum atomic E-state index is 12.2. The molecule has 33 heavy (non-hydrogen) atoms.